The van der Waals surface area contributed by atoms with E-state index >= 15 is 0 Å². The number of carbonyl (C=O) groups excluding carboxylic acids is 1. The monoisotopic (exact) mass is 341 g/mol. The number of allylic oxidation sites excluding steroid dienone is 1. The maximum atomic E-state index is 11.7. The summed E-state index contributed by atoms with van der Waals surface area (Å²) in [6.07, 6.45) is 3.43. The van der Waals surface area contributed by atoms with Crippen molar-refractivity contribution >= 4 is 27.9 Å². The third-order valence-electron chi connectivity index (χ3n) is 3.17. The van der Waals surface area contributed by atoms with Crippen LogP contribution in [-0.4, -0.2) is 34.7 Å². The van der Waals surface area contributed by atoms with Crippen molar-refractivity contribution < 1.29 is 14.7 Å². The molecule has 0 radical (unpaired) electrons. The highest BCUT2D eigenvalue weighted by molar-refractivity contribution is 9.10. The first-order valence-corrected chi connectivity index (χ1v) is 7.09. The van der Waals surface area contributed by atoms with E-state index in [4.69, 9.17) is 5.11 Å². The van der Waals surface area contributed by atoms with Crippen LogP contribution in [0.2, 0.25) is 0 Å². The van der Waals surface area contributed by atoms with Gasteiger partial charge in [0.2, 0.25) is 0 Å². The third kappa shape index (κ3) is 3.41. The molecule has 0 saturated heterocycles. The molecule has 2 atom stereocenters. The van der Waals surface area contributed by atoms with E-state index in [1.807, 2.05) is 12.2 Å². The van der Waals surface area contributed by atoms with Crippen LogP contribution in [0, 0.1) is 0 Å². The van der Waals surface area contributed by atoms with Crippen molar-refractivity contribution in [2.45, 2.75) is 25.3 Å². The molecule has 0 aromatic carbocycles. The Balaban J connectivity index is 2.01. The molecule has 0 bridgehead atoms. The second kappa shape index (κ2) is 6.13. The van der Waals surface area contributed by atoms with Gasteiger partial charge in [0.1, 0.15) is 0 Å². The maximum Gasteiger partial charge on any atom is 0.405 e. The van der Waals surface area contributed by atoms with Crippen molar-refractivity contribution in [1.82, 2.24) is 15.6 Å². The van der Waals surface area contributed by atoms with E-state index in [0.717, 1.165) is 16.7 Å². The van der Waals surface area contributed by atoms with Gasteiger partial charge in [0.25, 0.3) is 5.91 Å². The molecular formula is C13H16BrN3O3. The average Bonchev–Trinajstić information content (AvgIpc) is 2.74. The zero-order chi connectivity index (χ0) is 14.7. The molecular weight excluding hydrogens is 326 g/mol. The molecule has 1 aromatic heterocycles. The summed E-state index contributed by atoms with van der Waals surface area (Å²) in [5.41, 5.74) is 1.59. The average molecular weight is 342 g/mol. The Morgan fingerprint density at radius 1 is 1.70 bits per heavy atom. The Morgan fingerprint density at radius 2 is 2.45 bits per heavy atom. The summed E-state index contributed by atoms with van der Waals surface area (Å²) in [5.74, 6) is 0.102. The van der Waals surface area contributed by atoms with Crippen LogP contribution in [0.15, 0.2) is 22.8 Å². The summed E-state index contributed by atoms with van der Waals surface area (Å²) in [4.78, 5) is 25.3. The highest BCUT2D eigenvalue weighted by Gasteiger charge is 2.26. The minimum atomic E-state index is -1.04. The first kappa shape index (κ1) is 14.6. The molecule has 2 heterocycles. The molecule has 20 heavy (non-hydrogen) atoms. The van der Waals surface area contributed by atoms with Gasteiger partial charge in [0.05, 0.1) is 10.2 Å². The van der Waals surface area contributed by atoms with Crippen molar-refractivity contribution in [2.75, 3.05) is 6.54 Å². The van der Waals surface area contributed by atoms with E-state index in [9.17, 15) is 9.59 Å². The minimum absolute atomic E-state index is 0.0666. The Kier molecular flexibility index (Phi) is 4.49. The number of fused-ring (bicyclic) bond motifs is 1. The van der Waals surface area contributed by atoms with E-state index in [-0.39, 0.29) is 17.9 Å². The highest BCUT2D eigenvalue weighted by Crippen LogP contribution is 2.28. The molecule has 0 aliphatic carbocycles. The number of halogens is 1. The molecule has 108 valence electrons. The summed E-state index contributed by atoms with van der Waals surface area (Å²) in [5, 5.41) is 13.8. The summed E-state index contributed by atoms with van der Waals surface area (Å²) in [6, 6.07) is 1.54. The Labute approximate surface area is 124 Å². The van der Waals surface area contributed by atoms with Crippen LogP contribution in [0.5, 0.6) is 0 Å². The van der Waals surface area contributed by atoms with Crippen LogP contribution >= 0.6 is 15.9 Å². The second-order valence-corrected chi connectivity index (χ2v) is 5.61. The lowest BCUT2D eigenvalue weighted by Gasteiger charge is -2.21. The van der Waals surface area contributed by atoms with Crippen molar-refractivity contribution in [3.8, 4) is 0 Å². The lowest BCUT2D eigenvalue weighted by molar-refractivity contribution is 0.0940. The number of rotatable bonds is 4. The van der Waals surface area contributed by atoms with Crippen LogP contribution in [-0.2, 0) is 0 Å². The molecule has 0 saturated carbocycles. The number of carbonyl (C=O) groups is 2. The largest absolute Gasteiger partial charge is 0.465 e. The van der Waals surface area contributed by atoms with Gasteiger partial charge in [-0.25, -0.2) is 4.79 Å². The van der Waals surface area contributed by atoms with Crippen LogP contribution in [0.25, 0.3) is 0 Å². The Hall–Kier alpha value is -1.76. The molecule has 6 nitrogen and oxygen atoms in total. The number of nitrogens with one attached hydrogen (secondary N) is 3. The van der Waals surface area contributed by atoms with Crippen LogP contribution in [0.4, 0.5) is 4.79 Å². The number of carboxylic acid groups (broad SMARTS) is 1. The van der Waals surface area contributed by atoms with Crippen molar-refractivity contribution in [3.63, 3.8) is 0 Å². The molecule has 7 heteroatoms. The molecule has 2 amide bonds. The lowest BCUT2D eigenvalue weighted by Crippen LogP contribution is -2.34. The van der Waals surface area contributed by atoms with E-state index in [1.165, 1.54) is 0 Å². The highest BCUT2D eigenvalue weighted by atomic mass is 79.9. The van der Waals surface area contributed by atoms with Crippen LogP contribution < -0.4 is 10.6 Å². The number of hydrogen-bond acceptors (Lipinski definition) is 2. The van der Waals surface area contributed by atoms with Gasteiger partial charge in [-0.3, -0.25) is 4.79 Å². The normalized spacial score (nSPS) is 19.5. The van der Waals surface area contributed by atoms with Gasteiger partial charge >= 0.3 is 6.09 Å². The topological polar surface area (TPSA) is 94.2 Å². The number of H-pyrrole nitrogens is 1. The molecule has 1 aromatic rings. The quantitative estimate of drug-likeness (QED) is 0.632. The molecule has 2 rings (SSSR count). The van der Waals surface area contributed by atoms with E-state index in [1.54, 1.807) is 13.0 Å². The second-order valence-electron chi connectivity index (χ2n) is 4.75. The summed E-state index contributed by atoms with van der Waals surface area (Å²) in [6.45, 7) is 2.34. The predicted octanol–water partition coefficient (Wildman–Crippen LogP) is 2.21. The van der Waals surface area contributed by atoms with Gasteiger partial charge in [0, 0.05) is 24.2 Å². The summed E-state index contributed by atoms with van der Waals surface area (Å²) < 4.78 is 0.787. The zero-order valence-electron chi connectivity index (χ0n) is 10.9. The Bertz CT molecular complexity index is 553. The molecule has 0 spiro atoms. The van der Waals surface area contributed by atoms with E-state index in [2.05, 4.69) is 31.5 Å². The number of amides is 2. The van der Waals surface area contributed by atoms with Crippen molar-refractivity contribution in [2.24, 2.45) is 0 Å². The minimum Gasteiger partial charge on any atom is -0.465 e. The third-order valence-corrected chi connectivity index (χ3v) is 3.60. The smallest absolute Gasteiger partial charge is 0.405 e. The molecule has 4 N–H and O–H groups in total. The fraction of sp³-hybridized carbons (Fsp3) is 0.385. The predicted molar refractivity (Wildman–Crippen MR) is 77.9 cm³/mol. The Morgan fingerprint density at radius 3 is 3.15 bits per heavy atom. The summed E-state index contributed by atoms with van der Waals surface area (Å²) >= 11 is 3.34. The van der Waals surface area contributed by atoms with Gasteiger partial charge in [-0.05, 0) is 35.3 Å². The van der Waals surface area contributed by atoms with E-state index < -0.39 is 6.09 Å². The fourth-order valence-electron chi connectivity index (χ4n) is 2.25. The molecule has 1 aliphatic rings. The molecule has 0 unspecified atom stereocenters. The number of hydrogen-bond donors (Lipinski definition) is 4. The van der Waals surface area contributed by atoms with Crippen molar-refractivity contribution in [1.29, 1.82) is 0 Å². The van der Waals surface area contributed by atoms with Gasteiger partial charge in [-0.2, -0.15) is 0 Å². The van der Waals surface area contributed by atoms with Gasteiger partial charge in [-0.15, -0.1) is 0 Å². The van der Waals surface area contributed by atoms with E-state index in [0.29, 0.717) is 12.1 Å². The summed E-state index contributed by atoms with van der Waals surface area (Å²) in [7, 11) is 0. The van der Waals surface area contributed by atoms with Crippen molar-refractivity contribution in [3.05, 3.63) is 34.1 Å². The van der Waals surface area contributed by atoms with Gasteiger partial charge in [0.15, 0.2) is 0 Å². The number of aromatic amines is 1. The first-order chi connectivity index (χ1) is 9.47. The number of aromatic nitrogens is 1. The first-order valence-electron chi connectivity index (χ1n) is 6.30. The van der Waals surface area contributed by atoms with Gasteiger partial charge in [-0.1, -0.05) is 12.2 Å². The SMILES string of the molecule is C[C@H](/C=C\C[C@H]1CNC(=O)c2cc(Br)[nH]c21)NC(=O)O. The van der Waals surface area contributed by atoms with Crippen LogP contribution in [0.1, 0.15) is 35.3 Å². The fourth-order valence-corrected chi connectivity index (χ4v) is 2.69. The molecule has 0 fully saturated rings. The molecule has 1 aliphatic heterocycles. The lowest BCUT2D eigenvalue weighted by atomic mass is 9.94. The maximum absolute atomic E-state index is 11.7. The van der Waals surface area contributed by atoms with Crippen LogP contribution in [0.3, 0.4) is 0 Å². The zero-order valence-corrected chi connectivity index (χ0v) is 12.5. The standard InChI is InChI=1S/C13H16BrN3O3/c1-7(16-13(19)20)3-2-4-8-6-15-12(18)9-5-10(14)17-11(8)9/h2-3,5,7-8,16-17H,4,6H2,1H3,(H,15,18)(H,19,20)/b3-2-/t7-,8+/m1/s1. The van der Waals surface area contributed by atoms with Gasteiger partial charge < -0.3 is 20.7 Å².